The van der Waals surface area contributed by atoms with E-state index in [4.69, 9.17) is 10.5 Å². The van der Waals surface area contributed by atoms with Crippen LogP contribution >= 0.6 is 22.6 Å². The molecule has 0 amide bonds. The van der Waals surface area contributed by atoms with Gasteiger partial charge in [-0.15, -0.1) is 0 Å². The van der Waals surface area contributed by atoms with Crippen molar-refractivity contribution in [2.24, 2.45) is 0 Å². The normalized spacial score (nSPS) is 10.2. The minimum absolute atomic E-state index is 0.281. The molecule has 0 spiro atoms. The van der Waals surface area contributed by atoms with Crippen LogP contribution < -0.4 is 15.8 Å². The van der Waals surface area contributed by atoms with E-state index in [0.717, 1.165) is 9.26 Å². The third kappa shape index (κ3) is 2.66. The highest BCUT2D eigenvalue weighted by molar-refractivity contribution is 14.1. The first-order valence-electron chi connectivity index (χ1n) is 5.26. The molecule has 3 N–H and O–H groups in total. The molecule has 0 aromatic heterocycles. The number of benzene rings is 2. The first kappa shape index (κ1) is 12.9. The summed E-state index contributed by atoms with van der Waals surface area (Å²) in [4.78, 5) is 0. The van der Waals surface area contributed by atoms with E-state index in [1.165, 1.54) is 13.2 Å². The lowest BCUT2D eigenvalue weighted by Gasteiger charge is -2.12. The maximum absolute atomic E-state index is 13.8. The fourth-order valence-corrected chi connectivity index (χ4v) is 2.07. The van der Waals surface area contributed by atoms with Crippen LogP contribution in [0.15, 0.2) is 36.4 Å². The number of methoxy groups -OCH3 is 1. The number of nitrogen functional groups attached to an aromatic ring is 1. The van der Waals surface area contributed by atoms with Crippen LogP contribution in [0.5, 0.6) is 5.75 Å². The highest BCUT2D eigenvalue weighted by Crippen LogP contribution is 2.31. The molecule has 0 aliphatic heterocycles. The van der Waals surface area contributed by atoms with Gasteiger partial charge < -0.3 is 15.8 Å². The van der Waals surface area contributed by atoms with Crippen molar-refractivity contribution in [3.05, 3.63) is 45.8 Å². The largest absolute Gasteiger partial charge is 0.495 e. The van der Waals surface area contributed by atoms with Crippen LogP contribution in [0.25, 0.3) is 0 Å². The zero-order valence-electron chi connectivity index (χ0n) is 9.71. The number of ether oxygens (including phenoxy) is 1. The third-order valence-electron chi connectivity index (χ3n) is 2.46. The molecular weight excluding hydrogens is 346 g/mol. The van der Waals surface area contributed by atoms with Crippen LogP contribution in [0.2, 0.25) is 0 Å². The molecule has 0 heterocycles. The number of halogens is 2. The number of rotatable bonds is 3. The number of nitrogens with one attached hydrogen (secondary N) is 1. The Balaban J connectivity index is 2.38. The van der Waals surface area contributed by atoms with E-state index in [2.05, 4.69) is 27.9 Å². The van der Waals surface area contributed by atoms with E-state index in [0.29, 0.717) is 11.4 Å². The molecule has 0 fully saturated rings. The van der Waals surface area contributed by atoms with Crippen molar-refractivity contribution in [2.75, 3.05) is 18.2 Å². The molecule has 0 aliphatic rings. The van der Waals surface area contributed by atoms with Gasteiger partial charge in [0.15, 0.2) is 0 Å². The number of anilines is 3. The van der Waals surface area contributed by atoms with Gasteiger partial charge in [-0.05, 0) is 34.7 Å². The molecule has 0 atom stereocenters. The minimum Gasteiger partial charge on any atom is -0.495 e. The summed E-state index contributed by atoms with van der Waals surface area (Å²) in [6, 6.07) is 10.4. The highest BCUT2D eigenvalue weighted by atomic mass is 127. The van der Waals surface area contributed by atoms with Gasteiger partial charge in [-0.25, -0.2) is 4.39 Å². The van der Waals surface area contributed by atoms with Crippen molar-refractivity contribution in [3.63, 3.8) is 0 Å². The summed E-state index contributed by atoms with van der Waals surface area (Å²) in [5, 5.41) is 3.02. The molecule has 0 saturated carbocycles. The molecule has 0 bridgehead atoms. The Bertz CT molecular complexity index is 575. The van der Waals surface area contributed by atoms with Crippen LogP contribution in [-0.2, 0) is 0 Å². The predicted octanol–water partition coefficient (Wildman–Crippen LogP) is 3.76. The number of hydrogen-bond donors (Lipinski definition) is 2. The Morgan fingerprint density at radius 1 is 1.22 bits per heavy atom. The molecule has 2 aromatic carbocycles. The average Bonchev–Trinajstić information content (AvgIpc) is 2.35. The molecule has 3 nitrogen and oxygen atoms in total. The fraction of sp³-hybridized carbons (Fsp3) is 0.0769. The minimum atomic E-state index is -0.409. The van der Waals surface area contributed by atoms with E-state index < -0.39 is 5.82 Å². The van der Waals surface area contributed by atoms with Crippen molar-refractivity contribution in [3.8, 4) is 5.75 Å². The molecule has 2 aromatic rings. The monoisotopic (exact) mass is 358 g/mol. The molecule has 5 heteroatoms. The van der Waals surface area contributed by atoms with E-state index in [-0.39, 0.29) is 5.69 Å². The van der Waals surface area contributed by atoms with Crippen molar-refractivity contribution in [1.82, 2.24) is 0 Å². The lowest BCUT2D eigenvalue weighted by Crippen LogP contribution is -1.99. The first-order valence-corrected chi connectivity index (χ1v) is 6.34. The van der Waals surface area contributed by atoms with Crippen molar-refractivity contribution in [2.45, 2.75) is 0 Å². The van der Waals surface area contributed by atoms with Gasteiger partial charge in [-0.3, -0.25) is 0 Å². The van der Waals surface area contributed by atoms with Gasteiger partial charge in [0.05, 0.1) is 24.2 Å². The second kappa shape index (κ2) is 5.43. The van der Waals surface area contributed by atoms with E-state index in [1.54, 1.807) is 6.07 Å². The summed E-state index contributed by atoms with van der Waals surface area (Å²) in [6.07, 6.45) is 0. The van der Waals surface area contributed by atoms with Crippen LogP contribution in [-0.4, -0.2) is 7.11 Å². The van der Waals surface area contributed by atoms with E-state index in [1.807, 2.05) is 24.3 Å². The fourth-order valence-electron chi connectivity index (χ4n) is 1.55. The zero-order chi connectivity index (χ0) is 13.1. The standard InChI is InChI=1S/C13H12FIN2O/c1-18-13-7-12(8(14)6-10(13)16)17-11-5-3-2-4-9(11)15/h2-7,17H,16H2,1H3. The van der Waals surface area contributed by atoms with Gasteiger partial charge in [0, 0.05) is 15.7 Å². The summed E-state index contributed by atoms with van der Waals surface area (Å²) in [7, 11) is 1.50. The Morgan fingerprint density at radius 3 is 2.61 bits per heavy atom. The highest BCUT2D eigenvalue weighted by Gasteiger charge is 2.09. The molecule has 94 valence electrons. The maximum Gasteiger partial charge on any atom is 0.148 e. The van der Waals surface area contributed by atoms with E-state index >= 15 is 0 Å². The summed E-state index contributed by atoms with van der Waals surface area (Å²) in [5.74, 6) is 0.0396. The van der Waals surface area contributed by atoms with Gasteiger partial charge in [0.1, 0.15) is 11.6 Å². The number of hydrogen-bond acceptors (Lipinski definition) is 3. The Labute approximate surface area is 118 Å². The zero-order valence-corrected chi connectivity index (χ0v) is 11.9. The van der Waals surface area contributed by atoms with Crippen LogP contribution in [0.1, 0.15) is 0 Å². The van der Waals surface area contributed by atoms with Crippen LogP contribution in [0.3, 0.4) is 0 Å². The molecule has 2 rings (SSSR count). The Morgan fingerprint density at radius 2 is 1.94 bits per heavy atom. The van der Waals surface area contributed by atoms with Gasteiger partial charge in [-0.1, -0.05) is 12.1 Å². The second-order valence-corrected chi connectivity index (χ2v) is 4.84. The van der Waals surface area contributed by atoms with Crippen LogP contribution in [0.4, 0.5) is 21.5 Å². The molecule has 0 radical (unpaired) electrons. The predicted molar refractivity (Wildman–Crippen MR) is 79.8 cm³/mol. The summed E-state index contributed by atoms with van der Waals surface area (Å²) in [5.41, 5.74) is 7.09. The van der Waals surface area contributed by atoms with E-state index in [9.17, 15) is 4.39 Å². The quantitative estimate of drug-likeness (QED) is 0.649. The van der Waals surface area contributed by atoms with Crippen molar-refractivity contribution >= 4 is 39.7 Å². The Hall–Kier alpha value is -1.50. The SMILES string of the molecule is COc1cc(Nc2ccccc2I)c(F)cc1N. The number of para-hydroxylation sites is 1. The molecule has 0 aliphatic carbocycles. The summed E-state index contributed by atoms with van der Waals surface area (Å²) >= 11 is 2.18. The molecule has 0 saturated heterocycles. The van der Waals surface area contributed by atoms with Gasteiger partial charge in [0.25, 0.3) is 0 Å². The average molecular weight is 358 g/mol. The first-order chi connectivity index (χ1) is 8.61. The molecule has 0 unspecified atom stereocenters. The lowest BCUT2D eigenvalue weighted by atomic mass is 10.2. The topological polar surface area (TPSA) is 47.3 Å². The lowest BCUT2D eigenvalue weighted by molar-refractivity contribution is 0.416. The van der Waals surface area contributed by atoms with Crippen molar-refractivity contribution in [1.29, 1.82) is 0 Å². The van der Waals surface area contributed by atoms with Gasteiger partial charge in [0.2, 0.25) is 0 Å². The maximum atomic E-state index is 13.8. The smallest absolute Gasteiger partial charge is 0.148 e. The van der Waals surface area contributed by atoms with Gasteiger partial charge in [-0.2, -0.15) is 0 Å². The second-order valence-electron chi connectivity index (χ2n) is 3.68. The van der Waals surface area contributed by atoms with Gasteiger partial charge >= 0.3 is 0 Å². The number of nitrogens with two attached hydrogens (primary N) is 1. The molecular formula is C13H12FIN2O. The molecule has 18 heavy (non-hydrogen) atoms. The van der Waals surface area contributed by atoms with Crippen molar-refractivity contribution < 1.29 is 9.13 Å². The van der Waals surface area contributed by atoms with Crippen LogP contribution in [0, 0.1) is 9.39 Å². The Kier molecular flexibility index (Phi) is 3.90. The summed E-state index contributed by atoms with van der Waals surface area (Å²) < 4.78 is 19.9. The summed E-state index contributed by atoms with van der Waals surface area (Å²) in [6.45, 7) is 0. The third-order valence-corrected chi connectivity index (χ3v) is 3.40.